The average Bonchev–Trinajstić information content (AvgIpc) is 3.16. The number of hydrogen-bond donors (Lipinski definition) is 2. The number of H-pyrrole nitrogens is 1. The lowest BCUT2D eigenvalue weighted by Gasteiger charge is -2.11. The first-order valence-electron chi connectivity index (χ1n) is 7.57. The third kappa shape index (κ3) is 3.36. The van der Waals surface area contributed by atoms with Crippen molar-refractivity contribution in [1.82, 2.24) is 19.9 Å². The number of aromatic amines is 1. The predicted octanol–water partition coefficient (Wildman–Crippen LogP) is 3.02. The fraction of sp³-hybridized carbons (Fsp3) is 0.294. The van der Waals surface area contributed by atoms with Crippen LogP contribution in [0.1, 0.15) is 31.6 Å². The number of benzene rings is 1. The summed E-state index contributed by atoms with van der Waals surface area (Å²) in [6.45, 7) is 2.81. The molecule has 0 spiro atoms. The highest BCUT2D eigenvalue weighted by Gasteiger charge is 2.13. The van der Waals surface area contributed by atoms with Crippen molar-refractivity contribution in [1.29, 1.82) is 0 Å². The van der Waals surface area contributed by atoms with E-state index < -0.39 is 0 Å². The number of carbonyl (C=O) groups excluding carboxylic acids is 1. The zero-order valence-electron chi connectivity index (χ0n) is 12.6. The van der Waals surface area contributed by atoms with E-state index in [1.54, 1.807) is 0 Å². The van der Waals surface area contributed by atoms with Crippen LogP contribution in [0.3, 0.4) is 0 Å². The van der Waals surface area contributed by atoms with Crippen LogP contribution in [0.15, 0.2) is 48.8 Å². The quantitative estimate of drug-likeness (QED) is 0.734. The molecule has 0 aliphatic carbocycles. The zero-order chi connectivity index (χ0) is 15.4. The highest BCUT2D eigenvalue weighted by Crippen LogP contribution is 2.15. The number of hydrogen-bond acceptors (Lipinski definition) is 2. The molecule has 22 heavy (non-hydrogen) atoms. The molecule has 2 heterocycles. The van der Waals surface area contributed by atoms with Crippen LogP contribution in [0.4, 0.5) is 0 Å². The van der Waals surface area contributed by atoms with Gasteiger partial charge < -0.3 is 14.9 Å². The Hall–Kier alpha value is -2.56. The topological polar surface area (TPSA) is 62.7 Å². The van der Waals surface area contributed by atoms with Crippen LogP contribution >= 0.6 is 0 Å². The van der Waals surface area contributed by atoms with Gasteiger partial charge in [-0.1, -0.05) is 12.1 Å². The second-order valence-corrected chi connectivity index (χ2v) is 5.45. The van der Waals surface area contributed by atoms with Crippen molar-refractivity contribution in [3.63, 3.8) is 0 Å². The van der Waals surface area contributed by atoms with Crippen molar-refractivity contribution in [3.8, 4) is 0 Å². The number of carbonyl (C=O) groups is 1. The van der Waals surface area contributed by atoms with E-state index >= 15 is 0 Å². The molecule has 2 N–H and O–H groups in total. The molecule has 0 saturated carbocycles. The first-order valence-corrected chi connectivity index (χ1v) is 7.57. The fourth-order valence-electron chi connectivity index (χ4n) is 2.50. The summed E-state index contributed by atoms with van der Waals surface area (Å²) in [6.07, 6.45) is 5.36. The summed E-state index contributed by atoms with van der Waals surface area (Å²) in [7, 11) is 0. The summed E-state index contributed by atoms with van der Waals surface area (Å²) in [5.74, 6) is 0.847. The Balaban J connectivity index is 1.52. The molecule has 1 amide bonds. The molecule has 1 atom stereocenters. The molecule has 0 saturated heterocycles. The van der Waals surface area contributed by atoms with Crippen molar-refractivity contribution >= 4 is 16.9 Å². The smallest absolute Gasteiger partial charge is 0.220 e. The molecule has 2 aromatic heterocycles. The lowest BCUT2D eigenvalue weighted by atomic mass is 10.2. The van der Waals surface area contributed by atoms with Crippen LogP contribution < -0.4 is 5.32 Å². The Morgan fingerprint density at radius 3 is 2.82 bits per heavy atom. The van der Waals surface area contributed by atoms with Crippen LogP contribution in [0.5, 0.6) is 0 Å². The van der Waals surface area contributed by atoms with Gasteiger partial charge in [0.25, 0.3) is 0 Å². The molecule has 5 nitrogen and oxygen atoms in total. The molecule has 1 aromatic carbocycles. The monoisotopic (exact) mass is 296 g/mol. The summed E-state index contributed by atoms with van der Waals surface area (Å²) in [5, 5.41) is 3.00. The van der Waals surface area contributed by atoms with Gasteiger partial charge in [0.05, 0.1) is 17.1 Å². The number of aryl methyl sites for hydroxylation is 1. The normalized spacial score (nSPS) is 12.4. The van der Waals surface area contributed by atoms with E-state index in [-0.39, 0.29) is 11.9 Å². The van der Waals surface area contributed by atoms with Crippen molar-refractivity contribution in [3.05, 3.63) is 54.6 Å². The second-order valence-electron chi connectivity index (χ2n) is 5.45. The van der Waals surface area contributed by atoms with Crippen LogP contribution in [-0.4, -0.2) is 20.4 Å². The van der Waals surface area contributed by atoms with Gasteiger partial charge in [0, 0.05) is 25.4 Å². The first kappa shape index (κ1) is 14.4. The van der Waals surface area contributed by atoms with Gasteiger partial charge >= 0.3 is 0 Å². The molecule has 0 fully saturated rings. The first-order chi connectivity index (χ1) is 10.7. The molecule has 3 aromatic rings. The number of aromatic nitrogens is 3. The van der Waals surface area contributed by atoms with Gasteiger partial charge in [0.2, 0.25) is 5.91 Å². The maximum absolute atomic E-state index is 12.0. The number of nitrogens with one attached hydrogen (secondary N) is 2. The van der Waals surface area contributed by atoms with Gasteiger partial charge in [-0.2, -0.15) is 0 Å². The maximum atomic E-state index is 12.0. The third-order valence-corrected chi connectivity index (χ3v) is 3.68. The minimum atomic E-state index is -0.119. The van der Waals surface area contributed by atoms with Crippen molar-refractivity contribution in [2.75, 3.05) is 0 Å². The largest absolute Gasteiger partial charge is 0.354 e. The number of amides is 1. The van der Waals surface area contributed by atoms with Gasteiger partial charge in [-0.3, -0.25) is 4.79 Å². The molecule has 0 unspecified atom stereocenters. The van der Waals surface area contributed by atoms with E-state index in [0.717, 1.165) is 29.8 Å². The summed E-state index contributed by atoms with van der Waals surface area (Å²) < 4.78 is 2.08. The number of imidazole rings is 1. The third-order valence-electron chi connectivity index (χ3n) is 3.68. The number of para-hydroxylation sites is 2. The van der Waals surface area contributed by atoms with Gasteiger partial charge in [-0.15, -0.1) is 0 Å². The van der Waals surface area contributed by atoms with Gasteiger partial charge in [0.15, 0.2) is 0 Å². The Labute approximate surface area is 129 Å². The highest BCUT2D eigenvalue weighted by molar-refractivity contribution is 5.77. The fourth-order valence-corrected chi connectivity index (χ4v) is 2.50. The van der Waals surface area contributed by atoms with Gasteiger partial charge in [-0.25, -0.2) is 4.98 Å². The molecular weight excluding hydrogens is 276 g/mol. The Bertz CT molecular complexity index is 712. The standard InChI is InChI=1S/C17H20N4O/c1-13(17-19-14-7-2-3-8-15(14)20-17)18-16(22)9-6-12-21-10-4-5-11-21/h2-5,7-8,10-11,13H,6,9,12H2,1H3,(H,18,22)(H,19,20)/t13-/m0/s1. The lowest BCUT2D eigenvalue weighted by Crippen LogP contribution is -2.27. The molecule has 0 aliphatic rings. The minimum Gasteiger partial charge on any atom is -0.354 e. The highest BCUT2D eigenvalue weighted by atomic mass is 16.1. The zero-order valence-corrected chi connectivity index (χ0v) is 12.6. The second kappa shape index (κ2) is 6.47. The van der Waals surface area contributed by atoms with E-state index in [1.165, 1.54) is 0 Å². The number of rotatable bonds is 6. The average molecular weight is 296 g/mol. The number of fused-ring (bicyclic) bond motifs is 1. The molecule has 3 rings (SSSR count). The van der Waals surface area contributed by atoms with Crippen LogP contribution in [-0.2, 0) is 11.3 Å². The van der Waals surface area contributed by atoms with E-state index in [4.69, 9.17) is 0 Å². The van der Waals surface area contributed by atoms with Crippen molar-refractivity contribution in [2.24, 2.45) is 0 Å². The van der Waals surface area contributed by atoms with Gasteiger partial charge in [0.1, 0.15) is 5.82 Å². The lowest BCUT2D eigenvalue weighted by molar-refractivity contribution is -0.121. The summed E-state index contributed by atoms with van der Waals surface area (Å²) in [6, 6.07) is 11.7. The SMILES string of the molecule is C[C@H](NC(=O)CCCn1cccc1)c1nc2ccccc2[nH]1. The molecule has 114 valence electrons. The van der Waals surface area contributed by atoms with E-state index in [1.807, 2.05) is 55.7 Å². The Kier molecular flexibility index (Phi) is 4.23. The van der Waals surface area contributed by atoms with Crippen molar-refractivity contribution in [2.45, 2.75) is 32.4 Å². The molecule has 5 heteroatoms. The Morgan fingerprint density at radius 2 is 2.05 bits per heavy atom. The van der Waals surface area contributed by atoms with E-state index in [9.17, 15) is 4.79 Å². The van der Waals surface area contributed by atoms with Crippen LogP contribution in [0.2, 0.25) is 0 Å². The van der Waals surface area contributed by atoms with Crippen LogP contribution in [0.25, 0.3) is 11.0 Å². The van der Waals surface area contributed by atoms with Crippen molar-refractivity contribution < 1.29 is 4.79 Å². The molecule has 0 aliphatic heterocycles. The summed E-state index contributed by atoms with van der Waals surface area (Å²) in [5.41, 5.74) is 1.91. The van der Waals surface area contributed by atoms with Crippen LogP contribution in [0, 0.1) is 0 Å². The number of nitrogens with zero attached hydrogens (tertiary/aromatic N) is 2. The predicted molar refractivity (Wildman–Crippen MR) is 86.3 cm³/mol. The summed E-state index contributed by atoms with van der Waals surface area (Å²) >= 11 is 0. The van der Waals surface area contributed by atoms with E-state index in [0.29, 0.717) is 6.42 Å². The van der Waals surface area contributed by atoms with E-state index in [2.05, 4.69) is 19.9 Å². The summed E-state index contributed by atoms with van der Waals surface area (Å²) in [4.78, 5) is 19.8. The van der Waals surface area contributed by atoms with Gasteiger partial charge in [-0.05, 0) is 37.6 Å². The molecular formula is C17H20N4O. The molecule has 0 radical (unpaired) electrons. The molecule has 0 bridgehead atoms. The maximum Gasteiger partial charge on any atom is 0.220 e. The Morgan fingerprint density at radius 1 is 1.27 bits per heavy atom. The minimum absolute atomic E-state index is 0.0557.